The molecule has 2 atom stereocenters. The van der Waals surface area contributed by atoms with Crippen LogP contribution in [0.3, 0.4) is 0 Å². The topological polar surface area (TPSA) is 41.6 Å². The van der Waals surface area contributed by atoms with E-state index in [-0.39, 0.29) is 12.1 Å². The molecule has 0 radical (unpaired) electrons. The first-order valence-corrected chi connectivity index (χ1v) is 9.21. The van der Waals surface area contributed by atoms with Crippen molar-refractivity contribution in [2.24, 2.45) is 0 Å². The van der Waals surface area contributed by atoms with Crippen molar-refractivity contribution in [3.63, 3.8) is 0 Å². The van der Waals surface area contributed by atoms with Gasteiger partial charge in [-0.05, 0) is 43.2 Å². The number of hydrogen-bond acceptors (Lipinski definition) is 3. The van der Waals surface area contributed by atoms with E-state index in [0.29, 0.717) is 5.92 Å². The first-order chi connectivity index (χ1) is 11.6. The van der Waals surface area contributed by atoms with Crippen LogP contribution >= 0.6 is 22.9 Å². The van der Waals surface area contributed by atoms with Crippen molar-refractivity contribution in [1.29, 1.82) is 0 Å². The monoisotopic (exact) mass is 364 g/mol. The number of nitrogens with zero attached hydrogens (tertiary/aromatic N) is 1. The van der Waals surface area contributed by atoms with Crippen molar-refractivity contribution in [1.82, 2.24) is 10.2 Å². The molecular weight excluding hydrogens is 344 g/mol. The zero-order valence-electron chi connectivity index (χ0n) is 13.8. The molecule has 0 aliphatic carbocycles. The SMILES string of the molecule is COc1ccc(C2CCN(C(=O)NC(C)c3ccc(Cl)s3)C2)cc1. The standard InChI is InChI=1S/C18H21ClN2O2S/c1-12(16-7-8-17(19)24-16)20-18(22)21-10-9-14(11-21)13-3-5-15(23-2)6-4-13/h3-8,12,14H,9-11H2,1-2H3,(H,20,22). The molecule has 3 rings (SSSR count). The highest BCUT2D eigenvalue weighted by molar-refractivity contribution is 7.16. The lowest BCUT2D eigenvalue weighted by Gasteiger charge is -2.20. The summed E-state index contributed by atoms with van der Waals surface area (Å²) in [5.74, 6) is 1.24. The Morgan fingerprint density at radius 3 is 2.71 bits per heavy atom. The molecular formula is C18H21ClN2O2S. The largest absolute Gasteiger partial charge is 0.497 e. The van der Waals surface area contributed by atoms with Crippen LogP contribution in [0.25, 0.3) is 0 Å². The lowest BCUT2D eigenvalue weighted by molar-refractivity contribution is 0.205. The van der Waals surface area contributed by atoms with E-state index in [1.807, 2.05) is 36.1 Å². The molecule has 1 saturated heterocycles. The minimum absolute atomic E-state index is 0.0111. The van der Waals surface area contributed by atoms with E-state index in [2.05, 4.69) is 17.4 Å². The number of nitrogens with one attached hydrogen (secondary N) is 1. The van der Waals surface area contributed by atoms with E-state index in [0.717, 1.165) is 34.5 Å². The average Bonchev–Trinajstić information content (AvgIpc) is 3.24. The number of carbonyl (C=O) groups is 1. The van der Waals surface area contributed by atoms with Gasteiger partial charge in [-0.15, -0.1) is 11.3 Å². The molecule has 1 aromatic carbocycles. The predicted molar refractivity (Wildman–Crippen MR) is 98.2 cm³/mol. The summed E-state index contributed by atoms with van der Waals surface area (Å²) in [7, 11) is 1.67. The minimum atomic E-state index is -0.0324. The summed E-state index contributed by atoms with van der Waals surface area (Å²) in [6.07, 6.45) is 0.985. The number of likely N-dealkylation sites (tertiary alicyclic amines) is 1. The van der Waals surface area contributed by atoms with Gasteiger partial charge in [-0.2, -0.15) is 0 Å². The molecule has 0 spiro atoms. The van der Waals surface area contributed by atoms with Crippen LogP contribution in [0.2, 0.25) is 4.34 Å². The number of hydrogen-bond donors (Lipinski definition) is 1. The van der Waals surface area contributed by atoms with Crippen LogP contribution in [-0.4, -0.2) is 31.1 Å². The fraction of sp³-hybridized carbons (Fsp3) is 0.389. The van der Waals surface area contributed by atoms with Crippen molar-refractivity contribution in [2.45, 2.75) is 25.3 Å². The van der Waals surface area contributed by atoms with E-state index < -0.39 is 0 Å². The Kier molecular flexibility index (Phi) is 5.31. The Morgan fingerprint density at radius 1 is 1.33 bits per heavy atom. The molecule has 1 aliphatic rings. The number of amides is 2. The predicted octanol–water partition coefficient (Wildman–Crippen LogP) is 4.67. The Morgan fingerprint density at radius 2 is 2.08 bits per heavy atom. The quantitative estimate of drug-likeness (QED) is 0.856. The van der Waals surface area contributed by atoms with Gasteiger partial charge >= 0.3 is 6.03 Å². The van der Waals surface area contributed by atoms with E-state index in [4.69, 9.17) is 16.3 Å². The molecule has 4 nitrogen and oxygen atoms in total. The highest BCUT2D eigenvalue weighted by Crippen LogP contribution is 2.30. The number of thiophene rings is 1. The number of methoxy groups -OCH3 is 1. The van der Waals surface area contributed by atoms with Gasteiger partial charge in [0, 0.05) is 23.9 Å². The highest BCUT2D eigenvalue weighted by Gasteiger charge is 2.28. The van der Waals surface area contributed by atoms with Gasteiger partial charge in [0.25, 0.3) is 0 Å². The molecule has 2 amide bonds. The lowest BCUT2D eigenvalue weighted by Crippen LogP contribution is -2.39. The second-order valence-electron chi connectivity index (χ2n) is 6.02. The Labute approximate surface area is 151 Å². The van der Waals surface area contributed by atoms with Crippen LogP contribution in [0.1, 0.15) is 35.7 Å². The fourth-order valence-electron chi connectivity index (χ4n) is 3.00. The van der Waals surface area contributed by atoms with Crippen LogP contribution in [0.15, 0.2) is 36.4 Å². The van der Waals surface area contributed by atoms with Gasteiger partial charge in [-0.25, -0.2) is 4.79 Å². The maximum absolute atomic E-state index is 12.5. The molecule has 1 aromatic heterocycles. The Bertz CT molecular complexity index is 701. The van der Waals surface area contributed by atoms with Crippen molar-refractivity contribution in [3.05, 3.63) is 51.2 Å². The molecule has 6 heteroatoms. The summed E-state index contributed by atoms with van der Waals surface area (Å²) in [5.41, 5.74) is 1.25. The van der Waals surface area contributed by atoms with Crippen LogP contribution in [0.5, 0.6) is 5.75 Å². The molecule has 128 valence electrons. The third kappa shape index (κ3) is 3.84. The van der Waals surface area contributed by atoms with Gasteiger partial charge in [-0.3, -0.25) is 0 Å². The summed E-state index contributed by atoms with van der Waals surface area (Å²) < 4.78 is 5.94. The summed E-state index contributed by atoms with van der Waals surface area (Å²) in [4.78, 5) is 15.4. The van der Waals surface area contributed by atoms with Gasteiger partial charge in [0.05, 0.1) is 17.5 Å². The second kappa shape index (κ2) is 7.45. The number of urea groups is 1. The second-order valence-corrected chi connectivity index (χ2v) is 7.76. The first kappa shape index (κ1) is 17.1. The molecule has 2 unspecified atom stereocenters. The normalized spacial score (nSPS) is 18.5. The van der Waals surface area contributed by atoms with Crippen LogP contribution < -0.4 is 10.1 Å². The number of benzene rings is 1. The zero-order valence-corrected chi connectivity index (χ0v) is 15.4. The molecule has 2 aromatic rings. The maximum atomic E-state index is 12.5. The van der Waals surface area contributed by atoms with Crippen LogP contribution in [0.4, 0.5) is 4.79 Å². The fourth-order valence-corrected chi connectivity index (χ4v) is 4.06. The average molecular weight is 365 g/mol. The van der Waals surface area contributed by atoms with Crippen molar-refractivity contribution in [3.8, 4) is 5.75 Å². The molecule has 1 fully saturated rings. The molecule has 24 heavy (non-hydrogen) atoms. The van der Waals surface area contributed by atoms with Gasteiger partial charge in [-0.1, -0.05) is 23.7 Å². The maximum Gasteiger partial charge on any atom is 0.317 e. The number of rotatable bonds is 4. The van der Waals surface area contributed by atoms with Gasteiger partial charge in [0.1, 0.15) is 5.75 Å². The Balaban J connectivity index is 1.57. The molecule has 1 N–H and O–H groups in total. The van der Waals surface area contributed by atoms with Crippen molar-refractivity contribution >= 4 is 29.0 Å². The van der Waals surface area contributed by atoms with E-state index in [1.54, 1.807) is 7.11 Å². The zero-order chi connectivity index (χ0) is 17.1. The number of halogens is 1. The van der Waals surface area contributed by atoms with E-state index >= 15 is 0 Å². The van der Waals surface area contributed by atoms with Gasteiger partial charge in [0.2, 0.25) is 0 Å². The summed E-state index contributed by atoms with van der Waals surface area (Å²) in [5, 5.41) is 3.06. The van der Waals surface area contributed by atoms with Crippen molar-refractivity contribution < 1.29 is 9.53 Å². The Hall–Kier alpha value is -1.72. The lowest BCUT2D eigenvalue weighted by atomic mass is 9.98. The number of carbonyl (C=O) groups excluding carboxylic acids is 1. The third-order valence-electron chi connectivity index (χ3n) is 4.42. The summed E-state index contributed by atoms with van der Waals surface area (Å²) in [6.45, 7) is 3.51. The van der Waals surface area contributed by atoms with Gasteiger partial charge in [0.15, 0.2) is 0 Å². The van der Waals surface area contributed by atoms with E-state index in [1.165, 1.54) is 16.9 Å². The van der Waals surface area contributed by atoms with Crippen LogP contribution in [-0.2, 0) is 0 Å². The van der Waals surface area contributed by atoms with Crippen LogP contribution in [0, 0.1) is 0 Å². The van der Waals surface area contributed by atoms with Gasteiger partial charge < -0.3 is 15.0 Å². The number of ether oxygens (including phenoxy) is 1. The van der Waals surface area contributed by atoms with Crippen molar-refractivity contribution in [2.75, 3.05) is 20.2 Å². The minimum Gasteiger partial charge on any atom is -0.497 e. The van der Waals surface area contributed by atoms with E-state index in [9.17, 15) is 4.79 Å². The molecule has 0 saturated carbocycles. The highest BCUT2D eigenvalue weighted by atomic mass is 35.5. The smallest absolute Gasteiger partial charge is 0.317 e. The molecule has 1 aliphatic heterocycles. The molecule has 2 heterocycles. The first-order valence-electron chi connectivity index (χ1n) is 8.01. The summed E-state index contributed by atoms with van der Waals surface area (Å²) >= 11 is 7.46. The summed E-state index contributed by atoms with van der Waals surface area (Å²) in [6, 6.07) is 11.9. The molecule has 0 bridgehead atoms. The third-order valence-corrected chi connectivity index (χ3v) is 5.84.